The third-order valence-electron chi connectivity index (χ3n) is 4.93. The van der Waals surface area contributed by atoms with Gasteiger partial charge in [0, 0.05) is 64.4 Å². The first-order chi connectivity index (χ1) is 10.3. The molecule has 2 fully saturated rings. The van der Waals surface area contributed by atoms with Crippen LogP contribution < -0.4 is 10.6 Å². The third kappa shape index (κ3) is 5.49. The number of nitrogens with one attached hydrogen (secondary N) is 2. The lowest BCUT2D eigenvalue weighted by Gasteiger charge is -2.36. The molecule has 2 heterocycles. The molecule has 21 heavy (non-hydrogen) atoms. The summed E-state index contributed by atoms with van der Waals surface area (Å²) < 4.78 is 5.90. The summed E-state index contributed by atoms with van der Waals surface area (Å²) in [5.41, 5.74) is 0. The van der Waals surface area contributed by atoms with Crippen molar-refractivity contribution >= 4 is 0 Å². The van der Waals surface area contributed by atoms with E-state index in [1.165, 1.54) is 12.8 Å². The van der Waals surface area contributed by atoms with Crippen molar-refractivity contribution in [3.05, 3.63) is 0 Å². The molecule has 0 aliphatic carbocycles. The van der Waals surface area contributed by atoms with Gasteiger partial charge in [0.2, 0.25) is 0 Å². The molecule has 5 nitrogen and oxygen atoms in total. The molecule has 2 N–H and O–H groups in total. The summed E-state index contributed by atoms with van der Waals surface area (Å²) in [4.78, 5) is 5.16. The van der Waals surface area contributed by atoms with Crippen LogP contribution in [0.5, 0.6) is 0 Å². The second kappa shape index (κ2) is 9.74. The van der Waals surface area contributed by atoms with Crippen LogP contribution in [-0.4, -0.2) is 87.5 Å². The molecule has 2 saturated heterocycles. The molecule has 0 amide bonds. The topological polar surface area (TPSA) is 39.8 Å². The van der Waals surface area contributed by atoms with E-state index in [1.54, 1.807) is 0 Å². The van der Waals surface area contributed by atoms with Crippen molar-refractivity contribution in [2.75, 3.05) is 65.6 Å². The highest BCUT2D eigenvalue weighted by molar-refractivity contribution is 4.79. The van der Waals surface area contributed by atoms with Crippen molar-refractivity contribution < 1.29 is 4.74 Å². The first-order valence-corrected chi connectivity index (χ1v) is 8.82. The van der Waals surface area contributed by atoms with Gasteiger partial charge in [-0.2, -0.15) is 0 Å². The zero-order chi connectivity index (χ0) is 14.9. The van der Waals surface area contributed by atoms with Gasteiger partial charge in [-0.3, -0.25) is 9.80 Å². The van der Waals surface area contributed by atoms with Crippen LogP contribution in [0.2, 0.25) is 0 Å². The lowest BCUT2D eigenvalue weighted by molar-refractivity contribution is 0.0500. The molecule has 2 unspecified atom stereocenters. The fourth-order valence-corrected chi connectivity index (χ4v) is 3.47. The van der Waals surface area contributed by atoms with Crippen LogP contribution in [0.25, 0.3) is 0 Å². The summed E-state index contributed by atoms with van der Waals surface area (Å²) in [6.45, 7) is 15.3. The van der Waals surface area contributed by atoms with Gasteiger partial charge in [0.05, 0.1) is 13.2 Å². The fraction of sp³-hybridized carbons (Fsp3) is 1.00. The van der Waals surface area contributed by atoms with E-state index in [0.29, 0.717) is 12.1 Å². The first-order valence-electron chi connectivity index (χ1n) is 8.82. The van der Waals surface area contributed by atoms with E-state index in [-0.39, 0.29) is 0 Å². The standard InChI is InChI=1S/C16H34N4O/c1-3-15-13-17-5-7-19(15)9-11-21-12-10-20-8-6-18-14-16(20)4-2/h15-18H,3-14H2,1-2H3. The predicted molar refractivity (Wildman–Crippen MR) is 87.9 cm³/mol. The number of hydrogen-bond donors (Lipinski definition) is 2. The van der Waals surface area contributed by atoms with Gasteiger partial charge in [-0.05, 0) is 12.8 Å². The van der Waals surface area contributed by atoms with E-state index >= 15 is 0 Å². The van der Waals surface area contributed by atoms with Crippen molar-refractivity contribution in [1.82, 2.24) is 20.4 Å². The summed E-state index contributed by atoms with van der Waals surface area (Å²) in [6.07, 6.45) is 2.46. The molecule has 2 aliphatic rings. The fourth-order valence-electron chi connectivity index (χ4n) is 3.47. The molecule has 0 aromatic carbocycles. The van der Waals surface area contributed by atoms with Crippen molar-refractivity contribution in [2.24, 2.45) is 0 Å². The Morgan fingerprint density at radius 1 is 0.857 bits per heavy atom. The Balaban J connectivity index is 1.56. The molecule has 2 aliphatic heterocycles. The lowest BCUT2D eigenvalue weighted by atomic mass is 10.1. The average Bonchev–Trinajstić information content (AvgIpc) is 2.55. The molecule has 0 saturated carbocycles. The minimum Gasteiger partial charge on any atom is -0.379 e. The van der Waals surface area contributed by atoms with E-state index in [4.69, 9.17) is 4.74 Å². The molecule has 124 valence electrons. The van der Waals surface area contributed by atoms with Crippen LogP contribution in [0, 0.1) is 0 Å². The van der Waals surface area contributed by atoms with Crippen LogP contribution in [-0.2, 0) is 4.74 Å². The molecule has 2 atom stereocenters. The number of piperazine rings is 2. The second-order valence-corrected chi connectivity index (χ2v) is 6.22. The molecule has 2 rings (SSSR count). The van der Waals surface area contributed by atoms with E-state index in [9.17, 15) is 0 Å². The maximum Gasteiger partial charge on any atom is 0.0594 e. The SMILES string of the molecule is CCC1CNCCN1CCOCCN1CCNCC1CC. The minimum absolute atomic E-state index is 0.694. The van der Waals surface area contributed by atoms with Crippen LogP contribution in [0.3, 0.4) is 0 Å². The molecule has 0 aromatic heterocycles. The number of hydrogen-bond acceptors (Lipinski definition) is 5. The maximum absolute atomic E-state index is 5.90. The van der Waals surface area contributed by atoms with Crippen molar-refractivity contribution in [1.29, 1.82) is 0 Å². The zero-order valence-corrected chi connectivity index (χ0v) is 13.9. The quantitative estimate of drug-likeness (QED) is 0.634. The monoisotopic (exact) mass is 298 g/mol. The zero-order valence-electron chi connectivity index (χ0n) is 13.9. The van der Waals surface area contributed by atoms with Gasteiger partial charge in [-0.15, -0.1) is 0 Å². The normalized spacial score (nSPS) is 28.9. The number of rotatable bonds is 8. The summed E-state index contributed by atoms with van der Waals surface area (Å²) in [7, 11) is 0. The van der Waals surface area contributed by atoms with Crippen molar-refractivity contribution in [2.45, 2.75) is 38.8 Å². The summed E-state index contributed by atoms with van der Waals surface area (Å²) in [5, 5.41) is 6.95. The van der Waals surface area contributed by atoms with Crippen LogP contribution in [0.15, 0.2) is 0 Å². The highest BCUT2D eigenvalue weighted by atomic mass is 16.5. The second-order valence-electron chi connectivity index (χ2n) is 6.22. The van der Waals surface area contributed by atoms with E-state index in [1.807, 2.05) is 0 Å². The van der Waals surface area contributed by atoms with Crippen LogP contribution in [0.4, 0.5) is 0 Å². The summed E-state index contributed by atoms with van der Waals surface area (Å²) >= 11 is 0. The average molecular weight is 298 g/mol. The lowest BCUT2D eigenvalue weighted by Crippen LogP contribution is -2.52. The Morgan fingerprint density at radius 2 is 1.33 bits per heavy atom. The Hall–Kier alpha value is -0.200. The Bertz CT molecular complexity index is 251. The van der Waals surface area contributed by atoms with Crippen LogP contribution in [0.1, 0.15) is 26.7 Å². The van der Waals surface area contributed by atoms with Gasteiger partial charge in [-0.1, -0.05) is 13.8 Å². The van der Waals surface area contributed by atoms with Gasteiger partial charge in [0.1, 0.15) is 0 Å². The molecule has 5 heteroatoms. The Labute approximate surface area is 130 Å². The first kappa shape index (κ1) is 17.2. The number of nitrogens with zero attached hydrogens (tertiary/aromatic N) is 2. The van der Waals surface area contributed by atoms with Gasteiger partial charge < -0.3 is 15.4 Å². The third-order valence-corrected chi connectivity index (χ3v) is 4.93. The summed E-state index contributed by atoms with van der Waals surface area (Å²) in [6, 6.07) is 1.39. The molecule has 0 aromatic rings. The predicted octanol–water partition coefficient (Wildman–Crippen LogP) is 0.371. The molecule has 0 radical (unpaired) electrons. The number of ether oxygens (including phenoxy) is 1. The van der Waals surface area contributed by atoms with Crippen molar-refractivity contribution in [3.8, 4) is 0 Å². The van der Waals surface area contributed by atoms with E-state index in [0.717, 1.165) is 65.6 Å². The Kier molecular flexibility index (Phi) is 7.96. The van der Waals surface area contributed by atoms with Gasteiger partial charge >= 0.3 is 0 Å². The van der Waals surface area contributed by atoms with E-state index in [2.05, 4.69) is 34.3 Å². The van der Waals surface area contributed by atoms with E-state index < -0.39 is 0 Å². The Morgan fingerprint density at radius 3 is 1.76 bits per heavy atom. The van der Waals surface area contributed by atoms with Gasteiger partial charge in [-0.25, -0.2) is 0 Å². The maximum atomic E-state index is 5.90. The molecular weight excluding hydrogens is 264 g/mol. The largest absolute Gasteiger partial charge is 0.379 e. The van der Waals surface area contributed by atoms with Gasteiger partial charge in [0.15, 0.2) is 0 Å². The molecular formula is C16H34N4O. The van der Waals surface area contributed by atoms with Crippen LogP contribution >= 0.6 is 0 Å². The van der Waals surface area contributed by atoms with Crippen molar-refractivity contribution in [3.63, 3.8) is 0 Å². The minimum atomic E-state index is 0.694. The highest BCUT2D eigenvalue weighted by Gasteiger charge is 2.21. The van der Waals surface area contributed by atoms with Gasteiger partial charge in [0.25, 0.3) is 0 Å². The molecule has 0 spiro atoms. The summed E-state index contributed by atoms with van der Waals surface area (Å²) in [5.74, 6) is 0. The smallest absolute Gasteiger partial charge is 0.0594 e. The molecule has 0 bridgehead atoms. The highest BCUT2D eigenvalue weighted by Crippen LogP contribution is 2.07.